The van der Waals surface area contributed by atoms with E-state index in [9.17, 15) is 0 Å². The van der Waals surface area contributed by atoms with Crippen molar-refractivity contribution in [2.24, 2.45) is 0 Å². The molecule has 1 aromatic carbocycles. The Bertz CT molecular complexity index is 350. The lowest BCUT2D eigenvalue weighted by atomic mass is 9.87. The van der Waals surface area contributed by atoms with E-state index in [0.717, 1.165) is 5.75 Å². The maximum Gasteiger partial charge on any atom is 0.120 e. The maximum absolute atomic E-state index is 5.60. The second kappa shape index (κ2) is 5.95. The fraction of sp³-hybridized carbons (Fsp3) is 0.429. The van der Waals surface area contributed by atoms with Gasteiger partial charge in [0.1, 0.15) is 12.4 Å². The van der Waals surface area contributed by atoms with Crippen molar-refractivity contribution in [1.29, 1.82) is 0 Å². The van der Waals surface area contributed by atoms with Gasteiger partial charge in [-0.25, -0.2) is 0 Å². The van der Waals surface area contributed by atoms with Crippen LogP contribution < -0.4 is 4.74 Å². The highest BCUT2D eigenvalue weighted by Gasteiger charge is 2.13. The largest absolute Gasteiger partial charge is 0.490 e. The number of hydrogen-bond donors (Lipinski definition) is 0. The summed E-state index contributed by atoms with van der Waals surface area (Å²) in [5.41, 5.74) is 1.44. The summed E-state index contributed by atoms with van der Waals surface area (Å²) in [6.45, 7) is 7.15. The van der Waals surface area contributed by atoms with Gasteiger partial charge in [-0.1, -0.05) is 45.1 Å². The molecule has 0 saturated heterocycles. The smallest absolute Gasteiger partial charge is 0.120 e. The van der Waals surface area contributed by atoms with Crippen molar-refractivity contribution in [2.45, 2.75) is 26.2 Å². The molecule has 0 aliphatic rings. The number of benzene rings is 1. The maximum atomic E-state index is 5.60. The molecule has 0 atom stereocenters. The number of halogens is 1. The zero-order valence-electron chi connectivity index (χ0n) is 10.2. The van der Waals surface area contributed by atoms with Crippen LogP contribution in [0, 0.1) is 0 Å². The standard InChI is InChI=1S/C14H19ClO/c1-14(2,3)12-7-6-8-13(11-12)16-10-5-4-9-15/h4-8,11H,9-10H2,1-3H3. The molecule has 88 valence electrons. The molecule has 0 amide bonds. The molecule has 1 rings (SSSR count). The van der Waals surface area contributed by atoms with Crippen molar-refractivity contribution >= 4 is 11.6 Å². The molecule has 0 fully saturated rings. The van der Waals surface area contributed by atoms with Gasteiger partial charge in [-0.15, -0.1) is 11.6 Å². The van der Waals surface area contributed by atoms with E-state index in [4.69, 9.17) is 16.3 Å². The number of alkyl halides is 1. The molecule has 1 nitrogen and oxygen atoms in total. The molecule has 0 aromatic heterocycles. The quantitative estimate of drug-likeness (QED) is 0.566. The predicted octanol–water partition coefficient (Wildman–Crippen LogP) is 4.16. The van der Waals surface area contributed by atoms with Gasteiger partial charge in [0, 0.05) is 5.88 Å². The minimum Gasteiger partial charge on any atom is -0.490 e. The van der Waals surface area contributed by atoms with Crippen LogP contribution in [0.25, 0.3) is 0 Å². The normalized spacial score (nSPS) is 12.0. The van der Waals surface area contributed by atoms with Crippen LogP contribution >= 0.6 is 11.6 Å². The van der Waals surface area contributed by atoms with E-state index in [1.54, 1.807) is 0 Å². The third kappa shape index (κ3) is 4.28. The van der Waals surface area contributed by atoms with E-state index in [2.05, 4.69) is 32.9 Å². The van der Waals surface area contributed by atoms with Crippen molar-refractivity contribution in [1.82, 2.24) is 0 Å². The Labute approximate surface area is 103 Å². The first-order chi connectivity index (χ1) is 7.54. The molecule has 2 heteroatoms. The Morgan fingerprint density at radius 3 is 2.62 bits per heavy atom. The van der Waals surface area contributed by atoms with E-state index in [-0.39, 0.29) is 5.41 Å². The first-order valence-corrected chi connectivity index (χ1v) is 6.02. The van der Waals surface area contributed by atoms with E-state index in [1.807, 2.05) is 24.3 Å². The second-order valence-electron chi connectivity index (χ2n) is 4.71. The van der Waals surface area contributed by atoms with Gasteiger partial charge in [0.2, 0.25) is 0 Å². The van der Waals surface area contributed by atoms with Crippen LogP contribution in [0.15, 0.2) is 36.4 Å². The average molecular weight is 239 g/mol. The molecule has 0 unspecified atom stereocenters. The van der Waals surface area contributed by atoms with Crippen molar-refractivity contribution in [2.75, 3.05) is 12.5 Å². The van der Waals surface area contributed by atoms with Crippen molar-refractivity contribution in [3.63, 3.8) is 0 Å². The summed E-state index contributed by atoms with van der Waals surface area (Å²) in [6, 6.07) is 8.22. The van der Waals surface area contributed by atoms with Crippen LogP contribution in [0.1, 0.15) is 26.3 Å². The topological polar surface area (TPSA) is 9.23 Å². The molecular formula is C14H19ClO. The van der Waals surface area contributed by atoms with E-state index < -0.39 is 0 Å². The Kier molecular flexibility index (Phi) is 4.88. The fourth-order valence-electron chi connectivity index (χ4n) is 1.33. The monoisotopic (exact) mass is 238 g/mol. The molecule has 0 N–H and O–H groups in total. The fourth-order valence-corrected chi connectivity index (χ4v) is 1.45. The Morgan fingerprint density at radius 1 is 1.25 bits per heavy atom. The lowest BCUT2D eigenvalue weighted by Crippen LogP contribution is -2.10. The minimum atomic E-state index is 0.158. The van der Waals surface area contributed by atoms with Gasteiger partial charge < -0.3 is 4.74 Å². The highest BCUT2D eigenvalue weighted by atomic mass is 35.5. The van der Waals surface area contributed by atoms with E-state index in [0.29, 0.717) is 12.5 Å². The summed E-state index contributed by atoms with van der Waals surface area (Å²) in [5.74, 6) is 1.44. The number of ether oxygens (including phenoxy) is 1. The molecule has 0 heterocycles. The molecule has 0 aliphatic heterocycles. The Balaban J connectivity index is 2.65. The zero-order chi connectivity index (χ0) is 12.0. The van der Waals surface area contributed by atoms with Gasteiger partial charge in [-0.3, -0.25) is 0 Å². The van der Waals surface area contributed by atoms with Crippen LogP contribution in [0.2, 0.25) is 0 Å². The molecule has 0 bridgehead atoms. The van der Waals surface area contributed by atoms with Gasteiger partial charge in [0.25, 0.3) is 0 Å². The van der Waals surface area contributed by atoms with Gasteiger partial charge in [0.15, 0.2) is 0 Å². The zero-order valence-corrected chi connectivity index (χ0v) is 10.9. The molecule has 16 heavy (non-hydrogen) atoms. The predicted molar refractivity (Wildman–Crippen MR) is 70.5 cm³/mol. The van der Waals surface area contributed by atoms with Crippen LogP contribution in [-0.2, 0) is 5.41 Å². The Hall–Kier alpha value is -0.950. The van der Waals surface area contributed by atoms with Gasteiger partial charge in [-0.05, 0) is 23.1 Å². The number of allylic oxidation sites excluding steroid dienone is 1. The lowest BCUT2D eigenvalue weighted by Gasteiger charge is -2.19. The molecule has 0 saturated carbocycles. The first-order valence-electron chi connectivity index (χ1n) is 5.48. The van der Waals surface area contributed by atoms with Crippen LogP contribution in [0.5, 0.6) is 5.75 Å². The number of hydrogen-bond acceptors (Lipinski definition) is 1. The summed E-state index contributed by atoms with van der Waals surface area (Å²) < 4.78 is 5.60. The SMILES string of the molecule is CC(C)(C)c1cccc(OCC=CCCl)c1. The summed E-state index contributed by atoms with van der Waals surface area (Å²) >= 11 is 5.53. The second-order valence-corrected chi connectivity index (χ2v) is 5.02. The van der Waals surface area contributed by atoms with E-state index >= 15 is 0 Å². The summed E-state index contributed by atoms with van der Waals surface area (Å²) in [4.78, 5) is 0. The molecular weight excluding hydrogens is 220 g/mol. The molecule has 0 radical (unpaired) electrons. The van der Waals surface area contributed by atoms with Gasteiger partial charge in [-0.2, -0.15) is 0 Å². The summed E-state index contributed by atoms with van der Waals surface area (Å²) in [7, 11) is 0. The van der Waals surface area contributed by atoms with Gasteiger partial charge >= 0.3 is 0 Å². The van der Waals surface area contributed by atoms with Crippen molar-refractivity contribution in [3.05, 3.63) is 42.0 Å². The first kappa shape index (κ1) is 13.1. The van der Waals surface area contributed by atoms with Crippen molar-refractivity contribution in [3.8, 4) is 5.75 Å². The average Bonchev–Trinajstić information content (AvgIpc) is 2.24. The van der Waals surface area contributed by atoms with Crippen LogP contribution in [0.4, 0.5) is 0 Å². The third-order valence-electron chi connectivity index (χ3n) is 2.30. The molecule has 0 spiro atoms. The third-order valence-corrected chi connectivity index (χ3v) is 2.48. The van der Waals surface area contributed by atoms with Crippen LogP contribution in [-0.4, -0.2) is 12.5 Å². The Morgan fingerprint density at radius 2 is 2.00 bits per heavy atom. The minimum absolute atomic E-state index is 0.158. The number of rotatable bonds is 4. The molecule has 1 aromatic rings. The summed E-state index contributed by atoms with van der Waals surface area (Å²) in [5, 5.41) is 0. The highest BCUT2D eigenvalue weighted by molar-refractivity contribution is 6.18. The van der Waals surface area contributed by atoms with E-state index in [1.165, 1.54) is 5.56 Å². The van der Waals surface area contributed by atoms with Gasteiger partial charge in [0.05, 0.1) is 0 Å². The van der Waals surface area contributed by atoms with Crippen molar-refractivity contribution < 1.29 is 4.74 Å². The lowest BCUT2D eigenvalue weighted by molar-refractivity contribution is 0.361. The summed E-state index contributed by atoms with van der Waals surface area (Å²) in [6.07, 6.45) is 3.81. The van der Waals surface area contributed by atoms with Crippen LogP contribution in [0.3, 0.4) is 0 Å². The highest BCUT2D eigenvalue weighted by Crippen LogP contribution is 2.25. The molecule has 0 aliphatic carbocycles.